The van der Waals surface area contributed by atoms with Crippen molar-refractivity contribution in [3.8, 4) is 0 Å². The standard InChI is InChI=1S/C11H12FNO2S/c1-7(13-2)11-6-8-9(12)4-3-5-10(8)16(11,14)15/h3-7,13H,1-2H3. The van der Waals surface area contributed by atoms with Gasteiger partial charge in [0.15, 0.2) is 0 Å². The van der Waals surface area contributed by atoms with Crippen LogP contribution in [0.3, 0.4) is 0 Å². The summed E-state index contributed by atoms with van der Waals surface area (Å²) in [7, 11) is -1.85. The second-order valence-corrected chi connectivity index (χ2v) is 5.63. The molecule has 0 saturated heterocycles. The predicted octanol–water partition coefficient (Wildman–Crippen LogP) is 1.56. The van der Waals surface area contributed by atoms with Gasteiger partial charge in [0.2, 0.25) is 9.84 Å². The molecule has 5 heteroatoms. The van der Waals surface area contributed by atoms with Gasteiger partial charge in [-0.2, -0.15) is 0 Å². The Bertz CT molecular complexity index is 563. The smallest absolute Gasteiger partial charge is 0.205 e. The van der Waals surface area contributed by atoms with E-state index in [1.807, 2.05) is 0 Å². The van der Waals surface area contributed by atoms with E-state index >= 15 is 0 Å². The lowest BCUT2D eigenvalue weighted by Gasteiger charge is -2.11. The van der Waals surface area contributed by atoms with Crippen molar-refractivity contribution in [3.05, 3.63) is 34.5 Å². The van der Waals surface area contributed by atoms with Crippen molar-refractivity contribution in [3.63, 3.8) is 0 Å². The maximum Gasteiger partial charge on any atom is 0.205 e. The van der Waals surface area contributed by atoms with Crippen LogP contribution in [0.25, 0.3) is 6.08 Å². The highest BCUT2D eigenvalue weighted by Crippen LogP contribution is 2.35. The quantitative estimate of drug-likeness (QED) is 0.854. The molecule has 1 aromatic carbocycles. The van der Waals surface area contributed by atoms with Gasteiger partial charge in [0.05, 0.1) is 9.80 Å². The molecule has 0 aliphatic carbocycles. The van der Waals surface area contributed by atoms with Gasteiger partial charge in [-0.3, -0.25) is 0 Å². The summed E-state index contributed by atoms with van der Waals surface area (Å²) in [6, 6.07) is 3.78. The molecule has 1 aromatic rings. The minimum atomic E-state index is -3.52. The summed E-state index contributed by atoms with van der Waals surface area (Å²) in [6.07, 6.45) is 1.40. The molecule has 1 atom stereocenters. The largest absolute Gasteiger partial charge is 0.313 e. The van der Waals surface area contributed by atoms with Crippen LogP contribution in [-0.2, 0) is 9.84 Å². The van der Waals surface area contributed by atoms with Crippen LogP contribution in [0, 0.1) is 5.82 Å². The van der Waals surface area contributed by atoms with Gasteiger partial charge < -0.3 is 5.32 Å². The monoisotopic (exact) mass is 241 g/mol. The summed E-state index contributed by atoms with van der Waals surface area (Å²) < 4.78 is 37.6. The first-order valence-electron chi connectivity index (χ1n) is 4.91. The van der Waals surface area contributed by atoms with Gasteiger partial charge in [0.25, 0.3) is 0 Å². The molecule has 1 N–H and O–H groups in total. The predicted molar refractivity (Wildman–Crippen MR) is 60.1 cm³/mol. The van der Waals surface area contributed by atoms with Crippen molar-refractivity contribution in [2.45, 2.75) is 17.9 Å². The van der Waals surface area contributed by atoms with Crippen molar-refractivity contribution in [2.24, 2.45) is 0 Å². The minimum absolute atomic E-state index is 0.0598. The number of rotatable bonds is 2. The summed E-state index contributed by atoms with van der Waals surface area (Å²) in [6.45, 7) is 1.73. The van der Waals surface area contributed by atoms with Crippen LogP contribution in [-0.4, -0.2) is 21.5 Å². The van der Waals surface area contributed by atoms with Crippen molar-refractivity contribution in [2.75, 3.05) is 7.05 Å². The highest BCUT2D eigenvalue weighted by Gasteiger charge is 2.33. The van der Waals surface area contributed by atoms with Crippen molar-refractivity contribution < 1.29 is 12.8 Å². The molecule has 1 aliphatic rings. The SMILES string of the molecule is CNC(C)C1=Cc2c(F)cccc2S1(=O)=O. The van der Waals surface area contributed by atoms with Gasteiger partial charge in [-0.1, -0.05) is 6.07 Å². The van der Waals surface area contributed by atoms with E-state index in [0.717, 1.165) is 0 Å². The molecule has 0 bridgehead atoms. The molecule has 0 fully saturated rings. The van der Waals surface area contributed by atoms with Crippen LogP contribution in [0.5, 0.6) is 0 Å². The Morgan fingerprint density at radius 1 is 1.38 bits per heavy atom. The molecule has 1 heterocycles. The second kappa shape index (κ2) is 3.68. The van der Waals surface area contributed by atoms with E-state index in [9.17, 15) is 12.8 Å². The highest BCUT2D eigenvalue weighted by molar-refractivity contribution is 7.96. The Labute approximate surface area is 93.9 Å². The molecule has 0 radical (unpaired) electrons. The summed E-state index contributed by atoms with van der Waals surface area (Å²) in [4.78, 5) is 0.278. The van der Waals surface area contributed by atoms with E-state index < -0.39 is 15.7 Å². The Balaban J connectivity index is 2.66. The molecule has 2 rings (SSSR count). The lowest BCUT2D eigenvalue weighted by atomic mass is 10.2. The van der Waals surface area contributed by atoms with Crippen molar-refractivity contribution >= 4 is 15.9 Å². The molecule has 0 aromatic heterocycles. The van der Waals surface area contributed by atoms with Crippen LogP contribution in [0.4, 0.5) is 4.39 Å². The molecule has 0 amide bonds. The van der Waals surface area contributed by atoms with E-state index in [2.05, 4.69) is 5.32 Å². The molecular weight excluding hydrogens is 229 g/mol. The van der Waals surface area contributed by atoms with Crippen LogP contribution in [0.15, 0.2) is 28.0 Å². The molecule has 1 aliphatic heterocycles. The molecule has 3 nitrogen and oxygen atoms in total. The fourth-order valence-electron chi connectivity index (χ4n) is 1.74. The fourth-order valence-corrected chi connectivity index (χ4v) is 3.55. The zero-order valence-corrected chi connectivity index (χ0v) is 9.81. The maximum absolute atomic E-state index is 13.4. The number of nitrogens with one attached hydrogen (secondary N) is 1. The summed E-state index contributed by atoms with van der Waals surface area (Å²) in [5.41, 5.74) is 0.166. The van der Waals surface area contributed by atoms with E-state index in [-0.39, 0.29) is 21.4 Å². The fraction of sp³-hybridized carbons (Fsp3) is 0.273. The zero-order valence-electron chi connectivity index (χ0n) is 8.99. The van der Waals surface area contributed by atoms with E-state index in [0.29, 0.717) is 0 Å². The lowest BCUT2D eigenvalue weighted by molar-refractivity contribution is 0.592. The Morgan fingerprint density at radius 3 is 2.62 bits per heavy atom. The van der Waals surface area contributed by atoms with Gasteiger partial charge >= 0.3 is 0 Å². The number of halogens is 1. The van der Waals surface area contributed by atoms with Crippen LogP contribution < -0.4 is 5.32 Å². The third-order valence-corrected chi connectivity index (χ3v) is 4.79. The Hall–Kier alpha value is -1.20. The molecule has 16 heavy (non-hydrogen) atoms. The minimum Gasteiger partial charge on any atom is -0.313 e. The molecule has 0 saturated carbocycles. The maximum atomic E-state index is 13.4. The number of hydrogen-bond acceptors (Lipinski definition) is 3. The van der Waals surface area contributed by atoms with Crippen molar-refractivity contribution in [1.82, 2.24) is 5.32 Å². The first-order valence-corrected chi connectivity index (χ1v) is 6.39. The number of fused-ring (bicyclic) bond motifs is 1. The number of hydrogen-bond donors (Lipinski definition) is 1. The van der Waals surface area contributed by atoms with E-state index in [1.54, 1.807) is 14.0 Å². The van der Waals surface area contributed by atoms with E-state index in [4.69, 9.17) is 0 Å². The van der Waals surface area contributed by atoms with Gasteiger partial charge in [-0.25, -0.2) is 12.8 Å². The summed E-state index contributed by atoms with van der Waals surface area (Å²) >= 11 is 0. The molecule has 0 spiro atoms. The van der Waals surface area contributed by atoms with Gasteiger partial charge in [-0.15, -0.1) is 0 Å². The number of sulfone groups is 1. The van der Waals surface area contributed by atoms with Crippen LogP contribution in [0.1, 0.15) is 12.5 Å². The molecule has 86 valence electrons. The average molecular weight is 241 g/mol. The first kappa shape index (κ1) is 11.3. The molecular formula is C11H12FNO2S. The second-order valence-electron chi connectivity index (χ2n) is 3.71. The number of benzene rings is 1. The zero-order chi connectivity index (χ0) is 11.9. The van der Waals surface area contributed by atoms with Gasteiger partial charge in [-0.05, 0) is 32.2 Å². The highest BCUT2D eigenvalue weighted by atomic mass is 32.2. The summed E-state index contributed by atoms with van der Waals surface area (Å²) in [5, 5.41) is 2.85. The third-order valence-electron chi connectivity index (χ3n) is 2.76. The van der Waals surface area contributed by atoms with E-state index in [1.165, 1.54) is 24.3 Å². The third kappa shape index (κ3) is 1.47. The van der Waals surface area contributed by atoms with Crippen LogP contribution >= 0.6 is 0 Å². The molecule has 1 unspecified atom stereocenters. The topological polar surface area (TPSA) is 46.2 Å². The van der Waals surface area contributed by atoms with Gasteiger partial charge in [0, 0.05) is 11.6 Å². The number of likely N-dealkylation sites (N-methyl/N-ethyl adjacent to an activating group) is 1. The Kier molecular flexibility index (Phi) is 2.59. The summed E-state index contributed by atoms with van der Waals surface area (Å²) in [5.74, 6) is -0.501. The first-order chi connectivity index (χ1) is 7.48. The van der Waals surface area contributed by atoms with Crippen molar-refractivity contribution in [1.29, 1.82) is 0 Å². The lowest BCUT2D eigenvalue weighted by Crippen LogP contribution is -2.26. The normalized spacial score (nSPS) is 19.1. The Morgan fingerprint density at radius 2 is 2.06 bits per heavy atom. The van der Waals surface area contributed by atoms with Gasteiger partial charge in [0.1, 0.15) is 5.82 Å². The van der Waals surface area contributed by atoms with Crippen LogP contribution in [0.2, 0.25) is 0 Å². The average Bonchev–Trinajstić information content (AvgIpc) is 2.52.